The van der Waals surface area contributed by atoms with Crippen molar-refractivity contribution in [1.82, 2.24) is 4.90 Å². The van der Waals surface area contributed by atoms with Crippen LogP contribution in [0.15, 0.2) is 24.3 Å². The summed E-state index contributed by atoms with van der Waals surface area (Å²) in [6.45, 7) is 3.06. The highest BCUT2D eigenvalue weighted by Crippen LogP contribution is 2.18. The van der Waals surface area contributed by atoms with Gasteiger partial charge in [0.25, 0.3) is 0 Å². The van der Waals surface area contributed by atoms with Crippen molar-refractivity contribution in [3.63, 3.8) is 0 Å². The van der Waals surface area contributed by atoms with Crippen molar-refractivity contribution in [3.05, 3.63) is 29.8 Å². The van der Waals surface area contributed by atoms with E-state index < -0.39 is 0 Å². The molecule has 1 unspecified atom stereocenters. The lowest BCUT2D eigenvalue weighted by Gasteiger charge is -2.29. The summed E-state index contributed by atoms with van der Waals surface area (Å²) >= 11 is 0. The van der Waals surface area contributed by atoms with Crippen molar-refractivity contribution in [1.29, 1.82) is 0 Å². The Kier molecular flexibility index (Phi) is 4.15. The highest BCUT2D eigenvalue weighted by atomic mass is 16.5. The first-order valence-electron chi connectivity index (χ1n) is 6.07. The third-order valence-electron chi connectivity index (χ3n) is 3.18. The zero-order chi connectivity index (χ0) is 12.1. The Bertz CT molecular complexity index is 361. The van der Waals surface area contributed by atoms with E-state index in [4.69, 9.17) is 4.74 Å². The first-order valence-corrected chi connectivity index (χ1v) is 6.07. The van der Waals surface area contributed by atoms with E-state index in [1.165, 1.54) is 19.4 Å². The molecule has 1 aliphatic heterocycles. The summed E-state index contributed by atoms with van der Waals surface area (Å²) < 4.78 is 5.74. The van der Waals surface area contributed by atoms with Gasteiger partial charge >= 0.3 is 0 Å². The van der Waals surface area contributed by atoms with Crippen LogP contribution in [0.25, 0.3) is 0 Å². The standard InChI is InChI=1S/C14H18NO2/c1-15-8-2-3-13(9-15)11-17-14-6-4-12(10-16)5-7-14/h4-7,13H,2-3,8-9,11H2,1H3. The van der Waals surface area contributed by atoms with E-state index in [0.717, 1.165) is 18.9 Å². The van der Waals surface area contributed by atoms with Crippen LogP contribution in [0.1, 0.15) is 18.4 Å². The maximum Gasteiger partial charge on any atom is 0.233 e. The third kappa shape index (κ3) is 3.56. The lowest BCUT2D eigenvalue weighted by Crippen LogP contribution is -2.34. The van der Waals surface area contributed by atoms with Gasteiger partial charge in [-0.1, -0.05) is 0 Å². The molecule has 0 saturated carbocycles. The van der Waals surface area contributed by atoms with Gasteiger partial charge in [-0.15, -0.1) is 0 Å². The van der Waals surface area contributed by atoms with Gasteiger partial charge in [0.2, 0.25) is 6.29 Å². The lowest BCUT2D eigenvalue weighted by molar-refractivity contribution is 0.150. The lowest BCUT2D eigenvalue weighted by atomic mass is 10.00. The predicted octanol–water partition coefficient (Wildman–Crippen LogP) is 1.86. The summed E-state index contributed by atoms with van der Waals surface area (Å²) in [5.41, 5.74) is 0.565. The zero-order valence-corrected chi connectivity index (χ0v) is 10.2. The summed E-state index contributed by atoms with van der Waals surface area (Å²) in [5, 5.41) is 0. The van der Waals surface area contributed by atoms with Gasteiger partial charge in [-0.3, -0.25) is 4.79 Å². The average molecular weight is 232 g/mol. The second-order valence-electron chi connectivity index (χ2n) is 4.71. The highest BCUT2D eigenvalue weighted by molar-refractivity contribution is 5.75. The molecule has 3 nitrogen and oxygen atoms in total. The van der Waals surface area contributed by atoms with E-state index in [-0.39, 0.29) is 0 Å². The van der Waals surface area contributed by atoms with Crippen molar-refractivity contribution in [3.8, 4) is 5.75 Å². The average Bonchev–Trinajstić information content (AvgIpc) is 2.37. The summed E-state index contributed by atoms with van der Waals surface area (Å²) in [6, 6.07) is 7.12. The molecular formula is C14H18NO2. The fourth-order valence-corrected chi connectivity index (χ4v) is 2.24. The molecule has 0 bridgehead atoms. The minimum Gasteiger partial charge on any atom is -0.493 e. The minimum absolute atomic E-state index is 0.565. The van der Waals surface area contributed by atoms with Crippen molar-refractivity contribution >= 4 is 6.29 Å². The third-order valence-corrected chi connectivity index (χ3v) is 3.18. The number of benzene rings is 1. The SMILES string of the molecule is CN1CCCC(COc2ccc([C]=O)cc2)C1. The minimum atomic E-state index is 0.565. The van der Waals surface area contributed by atoms with Crippen molar-refractivity contribution in [2.75, 3.05) is 26.7 Å². The molecule has 1 saturated heterocycles. The van der Waals surface area contributed by atoms with Gasteiger partial charge in [0, 0.05) is 18.0 Å². The van der Waals surface area contributed by atoms with E-state index in [2.05, 4.69) is 11.9 Å². The van der Waals surface area contributed by atoms with Gasteiger partial charge in [-0.2, -0.15) is 0 Å². The van der Waals surface area contributed by atoms with Crippen LogP contribution < -0.4 is 4.74 Å². The van der Waals surface area contributed by atoms with Crippen LogP contribution in [0.4, 0.5) is 0 Å². The Morgan fingerprint density at radius 2 is 2.18 bits per heavy atom. The Hall–Kier alpha value is -1.35. The summed E-state index contributed by atoms with van der Waals surface area (Å²) in [4.78, 5) is 12.7. The first kappa shape index (κ1) is 12.1. The van der Waals surface area contributed by atoms with Crippen LogP contribution in [0.2, 0.25) is 0 Å². The van der Waals surface area contributed by atoms with Gasteiger partial charge in [0.1, 0.15) is 5.75 Å². The predicted molar refractivity (Wildman–Crippen MR) is 67.0 cm³/mol. The second-order valence-corrected chi connectivity index (χ2v) is 4.71. The Morgan fingerprint density at radius 3 is 2.82 bits per heavy atom. The first-order chi connectivity index (χ1) is 8.28. The zero-order valence-electron chi connectivity index (χ0n) is 10.2. The molecule has 1 radical (unpaired) electrons. The molecule has 2 rings (SSSR count). The molecule has 0 aromatic heterocycles. The number of hydrogen-bond acceptors (Lipinski definition) is 3. The maximum absolute atomic E-state index is 10.4. The molecule has 17 heavy (non-hydrogen) atoms. The monoisotopic (exact) mass is 232 g/mol. The number of hydrogen-bond donors (Lipinski definition) is 0. The molecule has 0 amide bonds. The number of nitrogens with zero attached hydrogens (tertiary/aromatic N) is 1. The summed E-state index contributed by atoms with van der Waals surface area (Å²) in [6.07, 6.45) is 4.35. The Balaban J connectivity index is 1.82. The molecule has 1 fully saturated rings. The van der Waals surface area contributed by atoms with Gasteiger partial charge in [-0.05, 0) is 50.7 Å². The molecular weight excluding hydrogens is 214 g/mol. The molecule has 1 aromatic rings. The van der Waals surface area contributed by atoms with Gasteiger partial charge in [-0.25, -0.2) is 0 Å². The van der Waals surface area contributed by atoms with Crippen molar-refractivity contribution < 1.29 is 9.53 Å². The smallest absolute Gasteiger partial charge is 0.233 e. The molecule has 3 heteroatoms. The number of carbonyl (C=O) groups excluding carboxylic acids is 1. The van der Waals surface area contributed by atoms with Crippen LogP contribution in [0.5, 0.6) is 5.75 Å². The number of ether oxygens (including phenoxy) is 1. The maximum atomic E-state index is 10.4. The molecule has 91 valence electrons. The van der Waals surface area contributed by atoms with Gasteiger partial charge < -0.3 is 9.64 Å². The van der Waals surface area contributed by atoms with E-state index in [1.807, 2.05) is 18.4 Å². The molecule has 0 aliphatic carbocycles. The van der Waals surface area contributed by atoms with E-state index in [1.54, 1.807) is 12.1 Å². The number of piperidine rings is 1. The van der Waals surface area contributed by atoms with E-state index in [0.29, 0.717) is 11.5 Å². The van der Waals surface area contributed by atoms with E-state index >= 15 is 0 Å². The van der Waals surface area contributed by atoms with Crippen LogP contribution in [0, 0.1) is 5.92 Å². The van der Waals surface area contributed by atoms with Gasteiger partial charge in [0.15, 0.2) is 0 Å². The Labute approximate surface area is 102 Å². The van der Waals surface area contributed by atoms with Crippen LogP contribution in [0.3, 0.4) is 0 Å². The topological polar surface area (TPSA) is 29.5 Å². The second kappa shape index (κ2) is 5.82. The van der Waals surface area contributed by atoms with E-state index in [9.17, 15) is 4.79 Å². The molecule has 1 heterocycles. The molecule has 1 aromatic carbocycles. The molecule has 1 atom stereocenters. The molecule has 1 aliphatic rings. The van der Waals surface area contributed by atoms with Crippen LogP contribution in [-0.2, 0) is 4.79 Å². The Morgan fingerprint density at radius 1 is 1.41 bits per heavy atom. The highest BCUT2D eigenvalue weighted by Gasteiger charge is 2.17. The fraction of sp³-hybridized carbons (Fsp3) is 0.500. The van der Waals surface area contributed by atoms with Crippen molar-refractivity contribution in [2.45, 2.75) is 12.8 Å². The normalized spacial score (nSPS) is 21.1. The van der Waals surface area contributed by atoms with Crippen LogP contribution in [-0.4, -0.2) is 37.9 Å². The van der Waals surface area contributed by atoms with Gasteiger partial charge in [0.05, 0.1) is 6.61 Å². The fourth-order valence-electron chi connectivity index (χ4n) is 2.24. The molecule has 0 spiro atoms. The number of rotatable bonds is 4. The largest absolute Gasteiger partial charge is 0.493 e. The summed E-state index contributed by atoms with van der Waals surface area (Å²) in [7, 11) is 2.15. The quantitative estimate of drug-likeness (QED) is 0.793. The number of likely N-dealkylation sites (tertiary alicyclic amines) is 1. The van der Waals surface area contributed by atoms with Crippen molar-refractivity contribution in [2.24, 2.45) is 5.92 Å². The van der Waals surface area contributed by atoms with Crippen LogP contribution >= 0.6 is 0 Å². The summed E-state index contributed by atoms with van der Waals surface area (Å²) in [5.74, 6) is 1.45. The molecule has 0 N–H and O–H groups in total.